The molecule has 2 aromatic rings. The molecule has 4 N–H and O–H groups in total. The molecule has 2 rings (SSSR count). The zero-order chi connectivity index (χ0) is 22.3. The van der Waals surface area contributed by atoms with Crippen LogP contribution in [0.2, 0.25) is 0 Å². The van der Waals surface area contributed by atoms with Gasteiger partial charge >= 0.3 is 6.18 Å². The fourth-order valence-electron chi connectivity index (χ4n) is 2.71. The van der Waals surface area contributed by atoms with E-state index < -0.39 is 30.0 Å². The number of hydrogen-bond acceptors (Lipinski definition) is 3. The van der Waals surface area contributed by atoms with E-state index >= 15 is 0 Å². The van der Waals surface area contributed by atoms with Crippen LogP contribution in [0.4, 0.5) is 39.0 Å². The van der Waals surface area contributed by atoms with Crippen LogP contribution >= 0.6 is 0 Å². The Labute approximate surface area is 171 Å². The molecule has 0 aliphatic rings. The van der Waals surface area contributed by atoms with Gasteiger partial charge < -0.3 is 16.4 Å². The van der Waals surface area contributed by atoms with Crippen LogP contribution in [0.25, 0.3) is 0 Å². The van der Waals surface area contributed by atoms with E-state index in [0.717, 1.165) is 12.1 Å². The van der Waals surface area contributed by atoms with Gasteiger partial charge in [0.05, 0.1) is 16.9 Å². The van der Waals surface area contributed by atoms with Gasteiger partial charge in [-0.15, -0.1) is 0 Å². The van der Waals surface area contributed by atoms with Crippen LogP contribution in [-0.4, -0.2) is 18.3 Å². The molecule has 30 heavy (non-hydrogen) atoms. The molecule has 0 heterocycles. The quantitative estimate of drug-likeness (QED) is 0.354. The van der Waals surface area contributed by atoms with E-state index in [1.165, 1.54) is 24.3 Å². The fourth-order valence-corrected chi connectivity index (χ4v) is 2.71. The summed E-state index contributed by atoms with van der Waals surface area (Å²) in [6.07, 6.45) is -7.41. The summed E-state index contributed by atoms with van der Waals surface area (Å²) < 4.78 is 65.4. The van der Waals surface area contributed by atoms with Gasteiger partial charge in [0.15, 0.2) is 0 Å². The van der Waals surface area contributed by atoms with Crippen LogP contribution in [-0.2, 0) is 17.5 Å². The number of anilines is 3. The molecule has 0 aliphatic carbocycles. The second kappa shape index (κ2) is 10.3. The highest BCUT2D eigenvalue weighted by molar-refractivity contribution is 5.97. The van der Waals surface area contributed by atoms with E-state index in [1.807, 2.05) is 6.92 Å². The van der Waals surface area contributed by atoms with Crippen molar-refractivity contribution in [2.75, 3.05) is 16.4 Å². The third kappa shape index (κ3) is 6.60. The second-order valence-corrected chi connectivity index (χ2v) is 6.90. The summed E-state index contributed by atoms with van der Waals surface area (Å²) in [5, 5.41) is 5.27. The highest BCUT2D eigenvalue weighted by Crippen LogP contribution is 2.29. The largest absolute Gasteiger partial charge is 0.416 e. The smallest absolute Gasteiger partial charge is 0.397 e. The number of benzene rings is 2. The second-order valence-electron chi connectivity index (χ2n) is 6.90. The Morgan fingerprint density at radius 2 is 1.77 bits per heavy atom. The number of amides is 1. The van der Waals surface area contributed by atoms with Gasteiger partial charge in [-0.05, 0) is 42.3 Å². The molecule has 2 atom stereocenters. The molecular formula is C21H24F5N3O. The maximum Gasteiger partial charge on any atom is 0.416 e. The molecular weight excluding hydrogens is 405 g/mol. The van der Waals surface area contributed by atoms with Crippen molar-refractivity contribution >= 4 is 23.0 Å². The first-order valence-corrected chi connectivity index (χ1v) is 9.50. The number of nitrogen functional groups attached to an aromatic ring is 1. The van der Waals surface area contributed by atoms with E-state index in [2.05, 4.69) is 10.6 Å². The number of halogens is 5. The Morgan fingerprint density at radius 3 is 2.33 bits per heavy atom. The van der Waals surface area contributed by atoms with Crippen LogP contribution in [0.3, 0.4) is 0 Å². The molecule has 164 valence electrons. The van der Waals surface area contributed by atoms with Crippen molar-refractivity contribution in [3.8, 4) is 0 Å². The highest BCUT2D eigenvalue weighted by atomic mass is 19.4. The lowest BCUT2D eigenvalue weighted by molar-refractivity contribution is -0.137. The van der Waals surface area contributed by atoms with Crippen molar-refractivity contribution in [3.63, 3.8) is 0 Å². The van der Waals surface area contributed by atoms with E-state index in [9.17, 15) is 26.7 Å². The molecule has 0 saturated carbocycles. The fraction of sp³-hybridized carbons (Fsp3) is 0.381. The number of nitrogens with two attached hydrogens (primary N) is 1. The van der Waals surface area contributed by atoms with Crippen LogP contribution in [0.5, 0.6) is 0 Å². The topological polar surface area (TPSA) is 67.2 Å². The number of unbranched alkanes of at least 4 members (excludes halogenated alkanes) is 1. The summed E-state index contributed by atoms with van der Waals surface area (Å²) in [5.41, 5.74) is 6.59. The van der Waals surface area contributed by atoms with Gasteiger partial charge in [0.2, 0.25) is 6.17 Å². The SMILES string of the molecule is CCCCC(F)C(F)C(=O)Nc1ccc(NCc2ccc(C(F)(F)F)cc2)cc1N. The minimum absolute atomic E-state index is 0.0343. The minimum Gasteiger partial charge on any atom is -0.397 e. The van der Waals surface area contributed by atoms with E-state index in [0.29, 0.717) is 24.1 Å². The lowest BCUT2D eigenvalue weighted by Gasteiger charge is -2.15. The number of nitrogens with one attached hydrogen (secondary N) is 2. The van der Waals surface area contributed by atoms with Gasteiger partial charge in [-0.3, -0.25) is 4.79 Å². The third-order valence-electron chi connectivity index (χ3n) is 4.49. The Balaban J connectivity index is 1.94. The lowest BCUT2D eigenvalue weighted by Crippen LogP contribution is -2.32. The van der Waals surface area contributed by atoms with Crippen LogP contribution in [0.1, 0.15) is 37.3 Å². The first kappa shape index (κ1) is 23.4. The number of alkyl halides is 5. The van der Waals surface area contributed by atoms with Gasteiger partial charge in [-0.25, -0.2) is 8.78 Å². The first-order chi connectivity index (χ1) is 14.1. The zero-order valence-corrected chi connectivity index (χ0v) is 16.4. The molecule has 0 fully saturated rings. The molecule has 2 aromatic carbocycles. The standard InChI is InChI=1S/C21H24F5N3O/c1-2-3-4-16(22)19(23)20(30)29-18-10-9-15(11-17(18)27)28-12-13-5-7-14(8-6-13)21(24,25)26/h5-11,16,19,28H,2-4,12,27H2,1H3,(H,29,30). The summed E-state index contributed by atoms with van der Waals surface area (Å²) in [7, 11) is 0. The molecule has 0 aliphatic heterocycles. The Bertz CT molecular complexity index is 840. The zero-order valence-electron chi connectivity index (χ0n) is 16.4. The van der Waals surface area contributed by atoms with Crippen LogP contribution in [0.15, 0.2) is 42.5 Å². The van der Waals surface area contributed by atoms with Crippen LogP contribution < -0.4 is 16.4 Å². The minimum atomic E-state index is -4.39. The van der Waals surface area contributed by atoms with Gasteiger partial charge in [0.25, 0.3) is 5.91 Å². The van der Waals surface area contributed by atoms with E-state index in [-0.39, 0.29) is 24.3 Å². The van der Waals surface area contributed by atoms with E-state index in [1.54, 1.807) is 6.07 Å². The predicted octanol–water partition coefficient (Wildman–Crippen LogP) is 5.70. The maximum absolute atomic E-state index is 13.9. The van der Waals surface area contributed by atoms with Gasteiger partial charge in [-0.2, -0.15) is 13.2 Å². The van der Waals surface area contributed by atoms with Gasteiger partial charge in [0.1, 0.15) is 6.17 Å². The normalized spacial score (nSPS) is 13.5. The highest BCUT2D eigenvalue weighted by Gasteiger charge is 2.30. The molecule has 0 bridgehead atoms. The number of rotatable bonds is 9. The first-order valence-electron chi connectivity index (χ1n) is 9.50. The van der Waals surface area contributed by atoms with Crippen molar-refractivity contribution in [1.29, 1.82) is 0 Å². The van der Waals surface area contributed by atoms with Gasteiger partial charge in [0, 0.05) is 12.2 Å². The Kier molecular flexibility index (Phi) is 8.02. The third-order valence-corrected chi connectivity index (χ3v) is 4.49. The summed E-state index contributed by atoms with van der Waals surface area (Å²) in [4.78, 5) is 11.9. The van der Waals surface area contributed by atoms with Crippen molar-refractivity contribution < 1.29 is 26.7 Å². The summed E-state index contributed by atoms with van der Waals surface area (Å²) in [6, 6.07) is 9.20. The molecule has 0 saturated heterocycles. The average molecular weight is 429 g/mol. The van der Waals surface area contributed by atoms with E-state index in [4.69, 9.17) is 5.73 Å². The Morgan fingerprint density at radius 1 is 1.10 bits per heavy atom. The van der Waals surface area contributed by atoms with Crippen LogP contribution in [0, 0.1) is 0 Å². The summed E-state index contributed by atoms with van der Waals surface area (Å²) in [6.45, 7) is 2.09. The summed E-state index contributed by atoms with van der Waals surface area (Å²) in [5.74, 6) is -1.10. The molecule has 9 heteroatoms. The van der Waals surface area contributed by atoms with Crippen molar-refractivity contribution in [1.82, 2.24) is 0 Å². The Hall–Kier alpha value is -2.84. The van der Waals surface area contributed by atoms with Crippen molar-refractivity contribution in [3.05, 3.63) is 53.6 Å². The number of carbonyl (C=O) groups excluding carboxylic acids is 1. The molecule has 4 nitrogen and oxygen atoms in total. The molecule has 0 aromatic heterocycles. The molecule has 0 spiro atoms. The molecule has 1 amide bonds. The number of hydrogen-bond donors (Lipinski definition) is 3. The average Bonchev–Trinajstić information content (AvgIpc) is 2.71. The van der Waals surface area contributed by atoms with Crippen molar-refractivity contribution in [2.45, 2.75) is 51.3 Å². The monoisotopic (exact) mass is 429 g/mol. The molecule has 0 radical (unpaired) electrons. The molecule has 2 unspecified atom stereocenters. The predicted molar refractivity (Wildman–Crippen MR) is 108 cm³/mol. The summed E-state index contributed by atoms with van der Waals surface area (Å²) >= 11 is 0. The maximum atomic E-state index is 13.9. The lowest BCUT2D eigenvalue weighted by atomic mass is 10.1. The van der Waals surface area contributed by atoms with Gasteiger partial charge in [-0.1, -0.05) is 31.9 Å². The van der Waals surface area contributed by atoms with Crippen molar-refractivity contribution in [2.24, 2.45) is 0 Å². The number of carbonyl (C=O) groups is 1.